The summed E-state index contributed by atoms with van der Waals surface area (Å²) in [6, 6.07) is 3.83. The Morgan fingerprint density at radius 3 is 2.41 bits per heavy atom. The Labute approximate surface area is 207 Å². The lowest BCUT2D eigenvalue weighted by Gasteiger charge is -2.39. The highest BCUT2D eigenvalue weighted by Gasteiger charge is 2.31. The van der Waals surface area contributed by atoms with Gasteiger partial charge in [0.15, 0.2) is 0 Å². The molecule has 2 heterocycles. The molecule has 3 rings (SSSR count). The number of hydrogen-bond acceptors (Lipinski definition) is 4. The summed E-state index contributed by atoms with van der Waals surface area (Å²) in [5, 5.41) is 3.42. The van der Waals surface area contributed by atoms with Crippen LogP contribution in [0.3, 0.4) is 0 Å². The second kappa shape index (κ2) is 10.8. The van der Waals surface area contributed by atoms with Crippen molar-refractivity contribution in [1.29, 1.82) is 0 Å². The number of likely N-dealkylation sites (tertiary alicyclic amines) is 1. The number of benzene rings is 1. The molecule has 186 valence electrons. The summed E-state index contributed by atoms with van der Waals surface area (Å²) < 4.78 is 0. The predicted octanol–water partition coefficient (Wildman–Crippen LogP) is 3.60. The van der Waals surface area contributed by atoms with E-state index in [1.807, 2.05) is 38.8 Å². The molecule has 0 radical (unpaired) electrons. The summed E-state index contributed by atoms with van der Waals surface area (Å²) in [5.74, 6) is -0.590. The number of piperidine rings is 1. The van der Waals surface area contributed by atoms with Gasteiger partial charge in [0.2, 0.25) is 0 Å². The third-order valence-corrected chi connectivity index (χ3v) is 7.26. The van der Waals surface area contributed by atoms with Crippen LogP contribution in [0.25, 0.3) is 0 Å². The molecule has 1 aromatic rings. The minimum atomic E-state index is -0.315. The van der Waals surface area contributed by atoms with Gasteiger partial charge >= 0.3 is 6.03 Å². The molecule has 0 saturated carbocycles. The quantitative estimate of drug-likeness (QED) is 0.684. The van der Waals surface area contributed by atoms with E-state index in [2.05, 4.69) is 15.2 Å². The van der Waals surface area contributed by atoms with Crippen molar-refractivity contribution in [2.24, 2.45) is 16.8 Å². The van der Waals surface area contributed by atoms with E-state index in [9.17, 15) is 14.4 Å². The van der Waals surface area contributed by atoms with Gasteiger partial charge in [-0.05, 0) is 56.7 Å². The van der Waals surface area contributed by atoms with E-state index in [1.54, 1.807) is 25.1 Å². The van der Waals surface area contributed by atoms with Crippen LogP contribution in [0, 0.1) is 18.8 Å². The Bertz CT molecular complexity index is 985. The van der Waals surface area contributed by atoms with Gasteiger partial charge in [-0.15, -0.1) is 0 Å². The number of halogens is 1. The number of anilines is 1. The Kier molecular flexibility index (Phi) is 8.23. The largest absolute Gasteiger partial charge is 0.371 e. The first-order valence-electron chi connectivity index (χ1n) is 11.8. The van der Waals surface area contributed by atoms with E-state index in [0.29, 0.717) is 23.7 Å². The Morgan fingerprint density at radius 2 is 1.82 bits per heavy atom. The standard InChI is InChI=1S/C25H36ClN5O3/c1-15-11-16(2)28-24(33)21(15)14-27-23(32)20-12-18(26)13-22(17(20)3)30(6)19-7-9-31(10-8-19)25(34)29(4)5/h12-13,15,19,21H,7-11,14H2,1-6H3,(H,27,32). The molecule has 1 aromatic carbocycles. The van der Waals surface area contributed by atoms with Gasteiger partial charge < -0.3 is 20.0 Å². The smallest absolute Gasteiger partial charge is 0.319 e. The first-order chi connectivity index (χ1) is 16.0. The molecule has 2 atom stereocenters. The van der Waals surface area contributed by atoms with Crippen LogP contribution >= 0.6 is 11.6 Å². The first kappa shape index (κ1) is 26.0. The van der Waals surface area contributed by atoms with Gasteiger partial charge in [-0.2, -0.15) is 0 Å². The third-order valence-electron chi connectivity index (χ3n) is 7.04. The lowest BCUT2D eigenvalue weighted by molar-refractivity contribution is -0.123. The van der Waals surface area contributed by atoms with Crippen molar-refractivity contribution >= 4 is 40.8 Å². The highest BCUT2D eigenvalue weighted by Crippen LogP contribution is 2.31. The molecule has 9 heteroatoms. The van der Waals surface area contributed by atoms with Crippen molar-refractivity contribution in [3.05, 3.63) is 28.3 Å². The number of hydrogen-bond donors (Lipinski definition) is 1. The number of carbonyl (C=O) groups is 3. The maximum absolute atomic E-state index is 13.1. The van der Waals surface area contributed by atoms with Crippen LogP contribution in [-0.2, 0) is 4.79 Å². The number of amides is 4. The van der Waals surface area contributed by atoms with Gasteiger partial charge in [-0.3, -0.25) is 9.59 Å². The maximum Gasteiger partial charge on any atom is 0.319 e. The number of urea groups is 1. The van der Waals surface area contributed by atoms with Gasteiger partial charge in [-0.1, -0.05) is 18.5 Å². The van der Waals surface area contributed by atoms with Crippen molar-refractivity contribution in [3.8, 4) is 0 Å². The minimum absolute atomic E-state index is 0.0330. The van der Waals surface area contributed by atoms with Crippen molar-refractivity contribution in [2.45, 2.75) is 46.1 Å². The van der Waals surface area contributed by atoms with E-state index in [4.69, 9.17) is 11.6 Å². The monoisotopic (exact) mass is 489 g/mol. The van der Waals surface area contributed by atoms with Crippen LogP contribution in [0.5, 0.6) is 0 Å². The highest BCUT2D eigenvalue weighted by molar-refractivity contribution is 6.31. The zero-order valence-electron chi connectivity index (χ0n) is 21.0. The molecule has 0 aliphatic carbocycles. The lowest BCUT2D eigenvalue weighted by Crippen LogP contribution is -2.48. The Balaban J connectivity index is 1.70. The van der Waals surface area contributed by atoms with Crippen LogP contribution < -0.4 is 10.2 Å². The van der Waals surface area contributed by atoms with Crippen molar-refractivity contribution in [2.75, 3.05) is 45.7 Å². The molecule has 8 nitrogen and oxygen atoms in total. The first-order valence-corrected chi connectivity index (χ1v) is 12.2. The van der Waals surface area contributed by atoms with Crippen LogP contribution in [0.4, 0.5) is 10.5 Å². The number of rotatable bonds is 5. The van der Waals surface area contributed by atoms with E-state index >= 15 is 0 Å². The third kappa shape index (κ3) is 5.71. The molecule has 0 aromatic heterocycles. The zero-order valence-corrected chi connectivity index (χ0v) is 21.8. The molecule has 0 spiro atoms. The minimum Gasteiger partial charge on any atom is -0.371 e. The predicted molar refractivity (Wildman–Crippen MR) is 136 cm³/mol. The van der Waals surface area contributed by atoms with E-state index < -0.39 is 0 Å². The molecular weight excluding hydrogens is 454 g/mol. The summed E-state index contributed by atoms with van der Waals surface area (Å²) in [6.07, 6.45) is 2.44. The van der Waals surface area contributed by atoms with Crippen molar-refractivity contribution in [3.63, 3.8) is 0 Å². The highest BCUT2D eigenvalue weighted by atomic mass is 35.5. The molecule has 0 bridgehead atoms. The molecule has 4 amide bonds. The molecule has 2 unspecified atom stereocenters. The van der Waals surface area contributed by atoms with Crippen LogP contribution in [0.2, 0.25) is 5.02 Å². The van der Waals surface area contributed by atoms with Gasteiger partial charge in [0.05, 0.1) is 5.92 Å². The van der Waals surface area contributed by atoms with Crippen LogP contribution in [0.15, 0.2) is 17.1 Å². The van der Waals surface area contributed by atoms with Crippen LogP contribution in [-0.4, -0.2) is 80.2 Å². The van der Waals surface area contributed by atoms with Gasteiger partial charge in [0.1, 0.15) is 0 Å². The van der Waals surface area contributed by atoms with Crippen LogP contribution in [0.1, 0.15) is 49.0 Å². The number of aliphatic imine (C=N–C) groups is 1. The van der Waals surface area contributed by atoms with E-state index in [0.717, 1.165) is 36.2 Å². The topological polar surface area (TPSA) is 85.3 Å². The van der Waals surface area contributed by atoms with Gasteiger partial charge in [0, 0.05) is 68.8 Å². The van der Waals surface area contributed by atoms with Gasteiger partial charge in [0.25, 0.3) is 11.8 Å². The van der Waals surface area contributed by atoms with Gasteiger partial charge in [-0.25, -0.2) is 9.79 Å². The van der Waals surface area contributed by atoms with E-state index in [-0.39, 0.29) is 42.3 Å². The number of nitrogens with one attached hydrogen (secondary N) is 1. The lowest BCUT2D eigenvalue weighted by atomic mass is 9.86. The molecular formula is C25H36ClN5O3. The Morgan fingerprint density at radius 1 is 1.18 bits per heavy atom. The average Bonchev–Trinajstić information content (AvgIpc) is 2.78. The Hall–Kier alpha value is -2.61. The molecule has 1 fully saturated rings. The summed E-state index contributed by atoms with van der Waals surface area (Å²) >= 11 is 6.42. The molecule has 2 aliphatic heterocycles. The fourth-order valence-electron chi connectivity index (χ4n) is 4.95. The molecule has 34 heavy (non-hydrogen) atoms. The second-order valence-corrected chi connectivity index (χ2v) is 10.2. The summed E-state index contributed by atoms with van der Waals surface area (Å²) in [7, 11) is 5.54. The zero-order chi connectivity index (χ0) is 25.2. The number of carbonyl (C=O) groups excluding carboxylic acids is 3. The molecule has 1 saturated heterocycles. The molecule has 2 aliphatic rings. The van der Waals surface area contributed by atoms with E-state index in [1.165, 1.54) is 0 Å². The summed E-state index contributed by atoms with van der Waals surface area (Å²) in [4.78, 5) is 47.4. The summed E-state index contributed by atoms with van der Waals surface area (Å²) in [6.45, 7) is 7.43. The average molecular weight is 490 g/mol. The normalized spacial score (nSPS) is 21.2. The maximum atomic E-state index is 13.1. The fraction of sp³-hybridized carbons (Fsp3) is 0.600. The van der Waals surface area contributed by atoms with Crippen molar-refractivity contribution in [1.82, 2.24) is 15.1 Å². The fourth-order valence-corrected chi connectivity index (χ4v) is 5.16. The summed E-state index contributed by atoms with van der Waals surface area (Å²) in [5.41, 5.74) is 3.09. The number of nitrogens with zero attached hydrogens (tertiary/aromatic N) is 4. The SMILES string of the molecule is CC1=NC(=O)C(CNC(=O)c2cc(Cl)cc(N(C)C3CCN(C(=O)N(C)C)CC3)c2C)C(C)C1. The molecule has 1 N–H and O–H groups in total. The van der Waals surface area contributed by atoms with Crippen molar-refractivity contribution < 1.29 is 14.4 Å². The second-order valence-electron chi connectivity index (χ2n) is 9.79.